The van der Waals surface area contributed by atoms with Crippen molar-refractivity contribution in [1.82, 2.24) is 9.47 Å². The molecule has 0 amide bonds. The summed E-state index contributed by atoms with van der Waals surface area (Å²) in [6.45, 7) is 9.68. The smallest absolute Gasteiger partial charge is 0.0486 e. The van der Waals surface area contributed by atoms with E-state index >= 15 is 0 Å². The van der Waals surface area contributed by atoms with Gasteiger partial charge in [-0.25, -0.2) is 0 Å². The van der Waals surface area contributed by atoms with Crippen molar-refractivity contribution >= 4 is 10.9 Å². The molecule has 2 aromatic rings. The molecule has 114 valence electrons. The number of para-hydroxylation sites is 1. The van der Waals surface area contributed by atoms with E-state index in [1.54, 1.807) is 0 Å². The molecule has 3 rings (SSSR count). The minimum Gasteiger partial charge on any atom is -0.343 e. The Labute approximate surface area is 127 Å². The fourth-order valence-electron chi connectivity index (χ4n) is 3.64. The molecule has 1 aliphatic heterocycles. The molecule has 2 N–H and O–H groups in total. The van der Waals surface area contributed by atoms with Crippen molar-refractivity contribution in [2.45, 2.75) is 46.3 Å². The number of nitrogens with zero attached hydrogens (tertiary/aromatic N) is 2. The molecule has 0 saturated carbocycles. The fraction of sp³-hybridized carbons (Fsp3) is 0.556. The van der Waals surface area contributed by atoms with Gasteiger partial charge in [-0.1, -0.05) is 25.1 Å². The SMILES string of the molecule is CCn1c(CN)c(CN2CCC(C)CC2)c2ccccc21. The van der Waals surface area contributed by atoms with Gasteiger partial charge in [-0.2, -0.15) is 0 Å². The molecule has 1 aromatic heterocycles. The Morgan fingerprint density at radius 1 is 1.19 bits per heavy atom. The highest BCUT2D eigenvalue weighted by atomic mass is 15.1. The topological polar surface area (TPSA) is 34.2 Å². The minimum absolute atomic E-state index is 0.627. The summed E-state index contributed by atoms with van der Waals surface area (Å²) in [4.78, 5) is 2.60. The molecule has 3 nitrogen and oxygen atoms in total. The average Bonchev–Trinajstić information content (AvgIpc) is 2.82. The van der Waals surface area contributed by atoms with E-state index in [4.69, 9.17) is 5.73 Å². The van der Waals surface area contributed by atoms with Crippen LogP contribution in [0.1, 0.15) is 37.9 Å². The van der Waals surface area contributed by atoms with E-state index in [0.29, 0.717) is 6.54 Å². The zero-order chi connectivity index (χ0) is 14.8. The lowest BCUT2D eigenvalue weighted by Crippen LogP contribution is -2.32. The van der Waals surface area contributed by atoms with Crippen molar-refractivity contribution in [3.8, 4) is 0 Å². The van der Waals surface area contributed by atoms with E-state index in [1.165, 1.54) is 48.1 Å². The summed E-state index contributed by atoms with van der Waals surface area (Å²) in [5, 5.41) is 1.39. The second kappa shape index (κ2) is 6.20. The molecule has 2 heterocycles. The maximum absolute atomic E-state index is 6.08. The van der Waals surface area contributed by atoms with Crippen LogP contribution in [0.4, 0.5) is 0 Å². The van der Waals surface area contributed by atoms with Crippen molar-refractivity contribution < 1.29 is 0 Å². The molecule has 1 aromatic carbocycles. The monoisotopic (exact) mass is 285 g/mol. The molecule has 0 aliphatic carbocycles. The Hall–Kier alpha value is -1.32. The summed E-state index contributed by atoms with van der Waals surface area (Å²) < 4.78 is 2.39. The summed E-state index contributed by atoms with van der Waals surface area (Å²) in [5.74, 6) is 0.882. The van der Waals surface area contributed by atoms with Crippen LogP contribution in [-0.4, -0.2) is 22.6 Å². The number of likely N-dealkylation sites (tertiary alicyclic amines) is 1. The first-order valence-electron chi connectivity index (χ1n) is 8.26. The first-order valence-corrected chi connectivity index (χ1v) is 8.26. The average molecular weight is 285 g/mol. The van der Waals surface area contributed by atoms with Crippen LogP contribution in [0.3, 0.4) is 0 Å². The number of aryl methyl sites for hydroxylation is 1. The molecule has 1 aliphatic rings. The predicted octanol–water partition coefficient (Wildman–Crippen LogP) is 3.35. The van der Waals surface area contributed by atoms with Gasteiger partial charge in [0.05, 0.1) is 0 Å². The molecule has 0 spiro atoms. The van der Waals surface area contributed by atoms with Gasteiger partial charge in [-0.3, -0.25) is 4.90 Å². The van der Waals surface area contributed by atoms with Gasteiger partial charge in [0.25, 0.3) is 0 Å². The van der Waals surface area contributed by atoms with Crippen molar-refractivity contribution in [1.29, 1.82) is 0 Å². The largest absolute Gasteiger partial charge is 0.343 e. The van der Waals surface area contributed by atoms with Gasteiger partial charge in [0, 0.05) is 36.2 Å². The maximum atomic E-state index is 6.08. The van der Waals surface area contributed by atoms with Crippen LogP contribution in [0.25, 0.3) is 10.9 Å². The van der Waals surface area contributed by atoms with Gasteiger partial charge in [0.15, 0.2) is 0 Å². The summed E-state index contributed by atoms with van der Waals surface area (Å²) in [6.07, 6.45) is 2.65. The number of fused-ring (bicyclic) bond motifs is 1. The number of aromatic nitrogens is 1. The Bertz CT molecular complexity index is 606. The lowest BCUT2D eigenvalue weighted by molar-refractivity contribution is 0.185. The van der Waals surface area contributed by atoms with Crippen LogP contribution < -0.4 is 5.73 Å². The molecular weight excluding hydrogens is 258 g/mol. The highest BCUT2D eigenvalue weighted by molar-refractivity contribution is 5.85. The summed E-state index contributed by atoms with van der Waals surface area (Å²) in [6, 6.07) is 8.74. The number of benzene rings is 1. The van der Waals surface area contributed by atoms with Gasteiger partial charge in [-0.05, 0) is 50.4 Å². The molecule has 1 fully saturated rings. The number of hydrogen-bond acceptors (Lipinski definition) is 2. The van der Waals surface area contributed by atoms with Gasteiger partial charge in [-0.15, -0.1) is 0 Å². The molecule has 0 bridgehead atoms. The summed E-state index contributed by atoms with van der Waals surface area (Å²) >= 11 is 0. The van der Waals surface area contributed by atoms with E-state index in [1.807, 2.05) is 0 Å². The van der Waals surface area contributed by atoms with Crippen molar-refractivity contribution in [2.75, 3.05) is 13.1 Å². The summed E-state index contributed by atoms with van der Waals surface area (Å²) in [5.41, 5.74) is 10.2. The molecule has 21 heavy (non-hydrogen) atoms. The van der Waals surface area contributed by atoms with E-state index in [9.17, 15) is 0 Å². The molecule has 1 saturated heterocycles. The van der Waals surface area contributed by atoms with Crippen LogP contribution in [0.2, 0.25) is 0 Å². The maximum Gasteiger partial charge on any atom is 0.0486 e. The third-order valence-electron chi connectivity index (χ3n) is 4.96. The summed E-state index contributed by atoms with van der Waals surface area (Å²) in [7, 11) is 0. The molecule has 0 atom stereocenters. The highest BCUT2D eigenvalue weighted by Gasteiger charge is 2.20. The van der Waals surface area contributed by atoms with E-state index in [2.05, 4.69) is 47.6 Å². The quantitative estimate of drug-likeness (QED) is 0.934. The number of hydrogen-bond donors (Lipinski definition) is 1. The van der Waals surface area contributed by atoms with Gasteiger partial charge in [0.1, 0.15) is 0 Å². The number of nitrogens with two attached hydrogens (primary N) is 1. The Balaban J connectivity index is 1.97. The van der Waals surface area contributed by atoms with Crippen molar-refractivity contribution in [3.63, 3.8) is 0 Å². The van der Waals surface area contributed by atoms with Gasteiger partial charge in [0.2, 0.25) is 0 Å². The van der Waals surface area contributed by atoms with E-state index < -0.39 is 0 Å². The second-order valence-electron chi connectivity index (χ2n) is 6.35. The van der Waals surface area contributed by atoms with Crippen molar-refractivity contribution in [2.24, 2.45) is 11.7 Å². The Kier molecular flexibility index (Phi) is 4.32. The Morgan fingerprint density at radius 2 is 1.90 bits per heavy atom. The van der Waals surface area contributed by atoms with E-state index in [0.717, 1.165) is 19.0 Å². The fourth-order valence-corrected chi connectivity index (χ4v) is 3.64. The molecule has 3 heteroatoms. The highest BCUT2D eigenvalue weighted by Crippen LogP contribution is 2.28. The third kappa shape index (κ3) is 2.72. The van der Waals surface area contributed by atoms with Crippen LogP contribution in [0.5, 0.6) is 0 Å². The minimum atomic E-state index is 0.627. The molecule has 0 radical (unpaired) electrons. The lowest BCUT2D eigenvalue weighted by Gasteiger charge is -2.30. The zero-order valence-electron chi connectivity index (χ0n) is 13.3. The number of rotatable bonds is 4. The van der Waals surface area contributed by atoms with Gasteiger partial charge >= 0.3 is 0 Å². The predicted molar refractivity (Wildman–Crippen MR) is 89.2 cm³/mol. The molecule has 0 unspecified atom stereocenters. The van der Waals surface area contributed by atoms with Crippen LogP contribution in [0.15, 0.2) is 24.3 Å². The third-order valence-corrected chi connectivity index (χ3v) is 4.96. The Morgan fingerprint density at radius 3 is 2.57 bits per heavy atom. The first kappa shape index (κ1) is 14.6. The number of piperidine rings is 1. The zero-order valence-corrected chi connectivity index (χ0v) is 13.3. The first-order chi connectivity index (χ1) is 10.2. The van der Waals surface area contributed by atoms with Gasteiger partial charge < -0.3 is 10.3 Å². The van der Waals surface area contributed by atoms with Crippen molar-refractivity contribution in [3.05, 3.63) is 35.5 Å². The van der Waals surface area contributed by atoms with E-state index in [-0.39, 0.29) is 0 Å². The standard InChI is InChI=1S/C18H27N3/c1-3-21-17-7-5-4-6-15(17)16(18(21)12-19)13-20-10-8-14(2)9-11-20/h4-7,14H,3,8-13,19H2,1-2H3. The van der Waals surface area contributed by atoms with Crippen LogP contribution in [-0.2, 0) is 19.6 Å². The van der Waals surface area contributed by atoms with Crippen LogP contribution >= 0.6 is 0 Å². The molecular formula is C18H27N3. The second-order valence-corrected chi connectivity index (χ2v) is 6.35. The lowest BCUT2D eigenvalue weighted by atomic mass is 9.98. The van der Waals surface area contributed by atoms with Crippen LogP contribution in [0, 0.1) is 5.92 Å². The normalized spacial score (nSPS) is 17.7.